The first kappa shape index (κ1) is 25.9. The predicted molar refractivity (Wildman–Crippen MR) is 153 cm³/mol. The standard InChI is InChI=1S/C29H38N8O2/c1-20(38)26-28(39)37(24-5-3-4-6-24)27-25(32-26)19-30-29(33-27)31-21-7-9-22(10-8-21)35-13-11-23(12-14-35)36-17-15-34(2)16-18-36/h7-10,19,23-24H,3-6,11-18H2,1-2H3,(H,30,31,33). The summed E-state index contributed by atoms with van der Waals surface area (Å²) in [5, 5.41) is 3.29. The van der Waals surface area contributed by atoms with E-state index >= 15 is 0 Å². The average molecular weight is 531 g/mol. The SMILES string of the molecule is CC(=O)c1nc2cnc(Nc3ccc(N4CCC(N5CCN(C)CC5)CC4)cc3)nc2n(C2CCCC2)c1=O. The molecule has 1 saturated carbocycles. The topological polar surface area (TPSA) is 99.5 Å². The van der Waals surface area contributed by atoms with Crippen molar-refractivity contribution in [3.63, 3.8) is 0 Å². The van der Waals surface area contributed by atoms with E-state index in [4.69, 9.17) is 4.98 Å². The summed E-state index contributed by atoms with van der Waals surface area (Å²) in [5.74, 6) is 0.0752. The number of anilines is 3. The van der Waals surface area contributed by atoms with Crippen molar-refractivity contribution in [2.24, 2.45) is 0 Å². The Morgan fingerprint density at radius 2 is 1.59 bits per heavy atom. The van der Waals surface area contributed by atoms with E-state index in [9.17, 15) is 9.59 Å². The third-order valence-corrected chi connectivity index (χ3v) is 8.66. The zero-order valence-corrected chi connectivity index (χ0v) is 23.0. The molecule has 0 spiro atoms. The fourth-order valence-electron chi connectivity index (χ4n) is 6.35. The minimum Gasteiger partial charge on any atom is -0.371 e. The molecular formula is C29H38N8O2. The number of piperidine rings is 1. The van der Waals surface area contributed by atoms with E-state index in [1.807, 2.05) is 0 Å². The van der Waals surface area contributed by atoms with Crippen molar-refractivity contribution in [1.29, 1.82) is 0 Å². The molecule has 6 rings (SSSR count). The predicted octanol–water partition coefficient (Wildman–Crippen LogP) is 3.46. The van der Waals surface area contributed by atoms with Crippen LogP contribution in [0, 0.1) is 0 Å². The number of fused-ring (bicyclic) bond motifs is 1. The van der Waals surface area contributed by atoms with Crippen LogP contribution in [-0.2, 0) is 0 Å². The lowest BCUT2D eigenvalue weighted by Crippen LogP contribution is -2.52. The van der Waals surface area contributed by atoms with Gasteiger partial charge in [0.2, 0.25) is 5.95 Å². The van der Waals surface area contributed by atoms with Crippen LogP contribution in [0.4, 0.5) is 17.3 Å². The second-order valence-electron chi connectivity index (χ2n) is 11.3. The van der Waals surface area contributed by atoms with Crippen molar-refractivity contribution >= 4 is 34.3 Å². The maximum atomic E-state index is 13.2. The Balaban J connectivity index is 1.16. The van der Waals surface area contributed by atoms with Crippen molar-refractivity contribution in [3.05, 3.63) is 46.5 Å². The average Bonchev–Trinajstić information content (AvgIpc) is 3.48. The highest BCUT2D eigenvalue weighted by Crippen LogP contribution is 2.31. The zero-order valence-electron chi connectivity index (χ0n) is 23.0. The molecule has 206 valence electrons. The van der Waals surface area contributed by atoms with Crippen LogP contribution < -0.4 is 15.8 Å². The summed E-state index contributed by atoms with van der Waals surface area (Å²) in [6.07, 6.45) is 7.93. The maximum Gasteiger partial charge on any atom is 0.282 e. The van der Waals surface area contributed by atoms with Crippen LogP contribution in [0.2, 0.25) is 0 Å². The molecule has 4 heterocycles. The Labute approximate surface area is 229 Å². The van der Waals surface area contributed by atoms with Gasteiger partial charge in [-0.25, -0.2) is 9.97 Å². The Bertz CT molecular complexity index is 1380. The second-order valence-corrected chi connectivity index (χ2v) is 11.3. The first-order chi connectivity index (χ1) is 19.0. The van der Waals surface area contributed by atoms with Crippen molar-refractivity contribution < 1.29 is 4.79 Å². The Kier molecular flexibility index (Phi) is 7.31. The van der Waals surface area contributed by atoms with Gasteiger partial charge in [0.1, 0.15) is 5.52 Å². The molecule has 3 fully saturated rings. The molecule has 0 atom stereocenters. The van der Waals surface area contributed by atoms with E-state index in [1.165, 1.54) is 51.6 Å². The molecule has 2 aromatic heterocycles. The summed E-state index contributed by atoms with van der Waals surface area (Å²) >= 11 is 0. The van der Waals surface area contributed by atoms with Crippen LogP contribution >= 0.6 is 0 Å². The highest BCUT2D eigenvalue weighted by molar-refractivity contribution is 5.93. The minimum absolute atomic E-state index is 0.0310. The molecule has 3 aromatic rings. The molecule has 1 aliphatic carbocycles. The number of hydrogen-bond acceptors (Lipinski definition) is 9. The van der Waals surface area contributed by atoms with Crippen molar-refractivity contribution in [2.75, 3.05) is 56.5 Å². The number of likely N-dealkylation sites (N-methyl/N-ethyl adjacent to an activating group) is 1. The number of aromatic nitrogens is 4. The number of nitrogens with zero attached hydrogens (tertiary/aromatic N) is 7. The summed E-state index contributed by atoms with van der Waals surface area (Å²) in [7, 11) is 2.21. The van der Waals surface area contributed by atoms with Crippen LogP contribution in [0.3, 0.4) is 0 Å². The molecule has 1 N–H and O–H groups in total. The molecule has 2 aliphatic heterocycles. The molecule has 10 heteroatoms. The summed E-state index contributed by atoms with van der Waals surface area (Å²) < 4.78 is 1.67. The monoisotopic (exact) mass is 530 g/mol. The number of benzene rings is 1. The molecule has 0 radical (unpaired) electrons. The number of Topliss-reactive ketones (excluding diaryl/α,β-unsaturated/α-hetero) is 1. The van der Waals surface area contributed by atoms with Gasteiger partial charge in [-0.3, -0.25) is 19.1 Å². The van der Waals surface area contributed by atoms with Crippen LogP contribution in [0.5, 0.6) is 0 Å². The maximum absolute atomic E-state index is 13.2. The molecular weight excluding hydrogens is 492 g/mol. The van der Waals surface area contributed by atoms with Crippen LogP contribution in [0.15, 0.2) is 35.3 Å². The van der Waals surface area contributed by atoms with Crippen molar-refractivity contribution in [3.8, 4) is 0 Å². The molecule has 0 amide bonds. The van der Waals surface area contributed by atoms with Crippen LogP contribution in [0.1, 0.15) is 62.0 Å². The third kappa shape index (κ3) is 5.40. The third-order valence-electron chi connectivity index (χ3n) is 8.66. The smallest absolute Gasteiger partial charge is 0.282 e. The lowest BCUT2D eigenvalue weighted by atomic mass is 10.0. The first-order valence-electron chi connectivity index (χ1n) is 14.3. The van der Waals surface area contributed by atoms with Crippen molar-refractivity contribution in [1.82, 2.24) is 29.3 Å². The number of hydrogen-bond donors (Lipinski definition) is 1. The number of carbonyl (C=O) groups excluding carboxylic acids is 1. The fraction of sp³-hybridized carbons (Fsp3) is 0.552. The summed E-state index contributed by atoms with van der Waals surface area (Å²) in [6, 6.07) is 9.13. The van der Waals surface area contributed by atoms with Gasteiger partial charge in [-0.15, -0.1) is 0 Å². The van der Waals surface area contributed by atoms with Gasteiger partial charge >= 0.3 is 0 Å². The van der Waals surface area contributed by atoms with Gasteiger partial charge in [0.15, 0.2) is 17.1 Å². The van der Waals surface area contributed by atoms with E-state index in [0.717, 1.165) is 44.5 Å². The summed E-state index contributed by atoms with van der Waals surface area (Å²) in [5.41, 5.74) is 2.66. The molecule has 10 nitrogen and oxygen atoms in total. The molecule has 0 bridgehead atoms. The lowest BCUT2D eigenvalue weighted by Gasteiger charge is -2.42. The number of ketones is 1. The van der Waals surface area contributed by atoms with Gasteiger partial charge in [0.25, 0.3) is 5.56 Å². The van der Waals surface area contributed by atoms with Gasteiger partial charge < -0.3 is 15.1 Å². The van der Waals surface area contributed by atoms with E-state index in [2.05, 4.69) is 61.3 Å². The zero-order chi connectivity index (χ0) is 26.9. The Morgan fingerprint density at radius 3 is 2.26 bits per heavy atom. The second kappa shape index (κ2) is 11.0. The van der Waals surface area contributed by atoms with Gasteiger partial charge in [0.05, 0.1) is 6.20 Å². The number of nitrogens with one attached hydrogen (secondary N) is 1. The number of rotatable bonds is 6. The van der Waals surface area contributed by atoms with E-state index in [0.29, 0.717) is 23.2 Å². The summed E-state index contributed by atoms with van der Waals surface area (Å²) in [6.45, 7) is 8.24. The van der Waals surface area contributed by atoms with E-state index < -0.39 is 0 Å². The van der Waals surface area contributed by atoms with Crippen LogP contribution in [-0.4, -0.2) is 87.5 Å². The minimum atomic E-state index is -0.354. The van der Waals surface area contributed by atoms with Crippen LogP contribution in [0.25, 0.3) is 11.2 Å². The number of carbonyl (C=O) groups is 1. The normalized spacial score (nSPS) is 20.1. The molecule has 39 heavy (non-hydrogen) atoms. The van der Waals surface area contributed by atoms with Gasteiger partial charge in [-0.2, -0.15) is 4.98 Å². The Hall–Kier alpha value is -3.37. The highest BCUT2D eigenvalue weighted by Gasteiger charge is 2.27. The van der Waals surface area contributed by atoms with E-state index in [1.54, 1.807) is 10.8 Å². The van der Waals surface area contributed by atoms with Crippen molar-refractivity contribution in [2.45, 2.75) is 57.5 Å². The van der Waals surface area contributed by atoms with E-state index in [-0.39, 0.29) is 23.1 Å². The molecule has 0 unspecified atom stereocenters. The van der Waals surface area contributed by atoms with Gasteiger partial charge in [0, 0.05) is 69.7 Å². The Morgan fingerprint density at radius 1 is 0.897 bits per heavy atom. The molecule has 1 aromatic carbocycles. The first-order valence-corrected chi connectivity index (χ1v) is 14.3. The largest absolute Gasteiger partial charge is 0.371 e. The molecule has 2 saturated heterocycles. The molecule has 3 aliphatic rings. The summed E-state index contributed by atoms with van der Waals surface area (Å²) in [4.78, 5) is 46.3. The fourth-order valence-corrected chi connectivity index (χ4v) is 6.35. The highest BCUT2D eigenvalue weighted by atomic mass is 16.1. The van der Waals surface area contributed by atoms with Gasteiger partial charge in [-0.1, -0.05) is 12.8 Å². The lowest BCUT2D eigenvalue weighted by molar-refractivity contribution is 0.0982. The quantitative estimate of drug-likeness (QED) is 0.480. The number of piperazine rings is 1. The van der Waals surface area contributed by atoms with Gasteiger partial charge in [-0.05, 0) is 57.0 Å².